The van der Waals surface area contributed by atoms with Crippen LogP contribution in [0.1, 0.15) is 19.8 Å². The SMILES string of the molecule is CC1CC(C(=O)O)CCN1C(=O)N1CCSCC1. The maximum atomic E-state index is 12.3. The molecule has 2 amide bonds. The van der Waals surface area contributed by atoms with Crippen molar-refractivity contribution in [2.24, 2.45) is 5.92 Å². The van der Waals surface area contributed by atoms with Crippen LogP contribution in [0.2, 0.25) is 0 Å². The van der Waals surface area contributed by atoms with E-state index in [-0.39, 0.29) is 18.0 Å². The number of carbonyl (C=O) groups excluding carboxylic acids is 1. The molecule has 0 aromatic heterocycles. The van der Waals surface area contributed by atoms with Crippen molar-refractivity contribution in [2.75, 3.05) is 31.1 Å². The molecule has 0 aromatic rings. The van der Waals surface area contributed by atoms with Crippen molar-refractivity contribution in [2.45, 2.75) is 25.8 Å². The van der Waals surface area contributed by atoms with Crippen molar-refractivity contribution >= 4 is 23.8 Å². The summed E-state index contributed by atoms with van der Waals surface area (Å²) in [6.07, 6.45) is 1.15. The Hall–Kier alpha value is -0.910. The van der Waals surface area contributed by atoms with Crippen LogP contribution in [-0.4, -0.2) is 64.1 Å². The van der Waals surface area contributed by atoms with Crippen molar-refractivity contribution in [1.82, 2.24) is 9.80 Å². The summed E-state index contributed by atoms with van der Waals surface area (Å²) in [4.78, 5) is 27.0. The Bertz CT molecular complexity index is 331. The predicted molar refractivity (Wildman–Crippen MR) is 70.8 cm³/mol. The largest absolute Gasteiger partial charge is 0.481 e. The minimum absolute atomic E-state index is 0.0296. The number of aliphatic carboxylic acids is 1. The summed E-state index contributed by atoms with van der Waals surface area (Å²) in [7, 11) is 0. The molecule has 2 aliphatic rings. The van der Waals surface area contributed by atoms with E-state index in [1.54, 1.807) is 0 Å². The van der Waals surface area contributed by atoms with Gasteiger partial charge in [0.2, 0.25) is 0 Å². The maximum Gasteiger partial charge on any atom is 0.320 e. The molecular formula is C12H20N2O3S. The number of hydrogen-bond donors (Lipinski definition) is 1. The van der Waals surface area contributed by atoms with Crippen LogP contribution < -0.4 is 0 Å². The summed E-state index contributed by atoms with van der Waals surface area (Å²) in [5.41, 5.74) is 0. The molecule has 2 fully saturated rings. The van der Waals surface area contributed by atoms with Crippen LogP contribution in [-0.2, 0) is 4.79 Å². The molecular weight excluding hydrogens is 252 g/mol. The van der Waals surface area contributed by atoms with E-state index in [1.807, 2.05) is 28.5 Å². The number of carboxylic acids is 1. The second kappa shape index (κ2) is 5.82. The molecule has 0 bridgehead atoms. The lowest BCUT2D eigenvalue weighted by molar-refractivity contribution is -0.143. The van der Waals surface area contributed by atoms with E-state index in [0.29, 0.717) is 19.4 Å². The lowest BCUT2D eigenvalue weighted by Crippen LogP contribution is -2.53. The van der Waals surface area contributed by atoms with Gasteiger partial charge in [-0.25, -0.2) is 4.79 Å². The number of hydrogen-bond acceptors (Lipinski definition) is 3. The van der Waals surface area contributed by atoms with Crippen molar-refractivity contribution in [3.8, 4) is 0 Å². The van der Waals surface area contributed by atoms with Gasteiger partial charge < -0.3 is 14.9 Å². The van der Waals surface area contributed by atoms with Gasteiger partial charge in [0.15, 0.2) is 0 Å². The van der Waals surface area contributed by atoms with Crippen molar-refractivity contribution in [3.05, 3.63) is 0 Å². The molecule has 0 radical (unpaired) electrons. The van der Waals surface area contributed by atoms with Gasteiger partial charge in [-0.1, -0.05) is 0 Å². The van der Waals surface area contributed by atoms with Gasteiger partial charge in [0.25, 0.3) is 0 Å². The van der Waals surface area contributed by atoms with Gasteiger partial charge in [-0.3, -0.25) is 4.79 Å². The van der Waals surface area contributed by atoms with Gasteiger partial charge in [0.1, 0.15) is 0 Å². The first-order chi connectivity index (χ1) is 8.59. The van der Waals surface area contributed by atoms with E-state index in [0.717, 1.165) is 24.6 Å². The van der Waals surface area contributed by atoms with Crippen LogP contribution in [0.25, 0.3) is 0 Å². The lowest BCUT2D eigenvalue weighted by atomic mass is 9.92. The molecule has 1 N–H and O–H groups in total. The number of likely N-dealkylation sites (tertiary alicyclic amines) is 1. The molecule has 0 aliphatic carbocycles. The quantitative estimate of drug-likeness (QED) is 0.782. The summed E-state index contributed by atoms with van der Waals surface area (Å²) in [6.45, 7) is 4.15. The number of rotatable bonds is 1. The molecule has 2 saturated heterocycles. The first kappa shape index (κ1) is 13.5. The van der Waals surface area contributed by atoms with Crippen LogP contribution in [0.5, 0.6) is 0 Å². The molecule has 2 heterocycles. The normalized spacial score (nSPS) is 29.2. The first-order valence-electron chi connectivity index (χ1n) is 6.45. The number of carbonyl (C=O) groups is 2. The van der Waals surface area contributed by atoms with Gasteiger partial charge >= 0.3 is 12.0 Å². The molecule has 2 unspecified atom stereocenters. The molecule has 0 saturated carbocycles. The van der Waals surface area contributed by atoms with Gasteiger partial charge in [-0.05, 0) is 19.8 Å². The molecule has 5 nitrogen and oxygen atoms in total. The van der Waals surface area contributed by atoms with Gasteiger partial charge in [-0.15, -0.1) is 0 Å². The highest BCUT2D eigenvalue weighted by Gasteiger charge is 2.34. The van der Waals surface area contributed by atoms with E-state index in [9.17, 15) is 9.59 Å². The Labute approximate surface area is 112 Å². The minimum atomic E-state index is -0.733. The van der Waals surface area contributed by atoms with Crippen LogP contribution in [0.3, 0.4) is 0 Å². The standard InChI is InChI=1S/C12H20N2O3S/c1-9-8-10(11(15)16)2-3-14(9)12(17)13-4-6-18-7-5-13/h9-10H,2-8H2,1H3,(H,15,16). The summed E-state index contributed by atoms with van der Waals surface area (Å²) in [5.74, 6) is 0.988. The fourth-order valence-electron chi connectivity index (χ4n) is 2.62. The van der Waals surface area contributed by atoms with E-state index >= 15 is 0 Å². The predicted octanol–water partition coefficient (Wildman–Crippen LogP) is 1.34. The first-order valence-corrected chi connectivity index (χ1v) is 7.61. The molecule has 2 aliphatic heterocycles. The second-order valence-electron chi connectivity index (χ2n) is 4.98. The van der Waals surface area contributed by atoms with E-state index in [2.05, 4.69) is 0 Å². The zero-order chi connectivity index (χ0) is 13.1. The van der Waals surface area contributed by atoms with Gasteiger partial charge in [0.05, 0.1) is 5.92 Å². The number of nitrogens with zero attached hydrogens (tertiary/aromatic N) is 2. The smallest absolute Gasteiger partial charge is 0.320 e. The summed E-state index contributed by atoms with van der Waals surface area (Å²) >= 11 is 1.88. The maximum absolute atomic E-state index is 12.3. The Morgan fingerprint density at radius 3 is 2.44 bits per heavy atom. The molecule has 0 aromatic carbocycles. The van der Waals surface area contributed by atoms with E-state index < -0.39 is 5.97 Å². The fraction of sp³-hybridized carbons (Fsp3) is 0.833. The third kappa shape index (κ3) is 2.91. The van der Waals surface area contributed by atoms with Crippen LogP contribution in [0.15, 0.2) is 0 Å². The second-order valence-corrected chi connectivity index (χ2v) is 6.21. The van der Waals surface area contributed by atoms with E-state index in [1.165, 1.54) is 0 Å². The third-order valence-corrected chi connectivity index (χ3v) is 4.70. The number of urea groups is 1. The average molecular weight is 272 g/mol. The van der Waals surface area contributed by atoms with Gasteiger partial charge in [-0.2, -0.15) is 11.8 Å². The number of amides is 2. The number of thioether (sulfide) groups is 1. The molecule has 2 rings (SSSR count). The van der Waals surface area contributed by atoms with Crippen LogP contribution in [0, 0.1) is 5.92 Å². The van der Waals surface area contributed by atoms with Gasteiger partial charge in [0, 0.05) is 37.2 Å². The number of carboxylic acid groups (broad SMARTS) is 1. The van der Waals surface area contributed by atoms with E-state index in [4.69, 9.17) is 5.11 Å². The lowest BCUT2D eigenvalue weighted by Gasteiger charge is -2.40. The Morgan fingerprint density at radius 1 is 1.22 bits per heavy atom. The number of piperidine rings is 1. The highest BCUT2D eigenvalue weighted by Crippen LogP contribution is 2.24. The average Bonchev–Trinajstić information content (AvgIpc) is 2.38. The van der Waals surface area contributed by atoms with Crippen molar-refractivity contribution in [3.63, 3.8) is 0 Å². The van der Waals surface area contributed by atoms with Crippen molar-refractivity contribution < 1.29 is 14.7 Å². The Kier molecular flexibility index (Phi) is 4.37. The summed E-state index contributed by atoms with van der Waals surface area (Å²) in [5, 5.41) is 9.01. The zero-order valence-electron chi connectivity index (χ0n) is 10.7. The summed E-state index contributed by atoms with van der Waals surface area (Å²) in [6, 6.07) is 0.119. The molecule has 0 spiro atoms. The van der Waals surface area contributed by atoms with Crippen molar-refractivity contribution in [1.29, 1.82) is 0 Å². The van der Waals surface area contributed by atoms with Crippen LogP contribution in [0.4, 0.5) is 4.79 Å². The highest BCUT2D eigenvalue weighted by atomic mass is 32.2. The molecule has 18 heavy (non-hydrogen) atoms. The zero-order valence-corrected chi connectivity index (χ0v) is 11.5. The molecule has 2 atom stereocenters. The monoisotopic (exact) mass is 272 g/mol. The van der Waals surface area contributed by atoms with Crippen LogP contribution >= 0.6 is 11.8 Å². The minimum Gasteiger partial charge on any atom is -0.481 e. The topological polar surface area (TPSA) is 60.9 Å². The highest BCUT2D eigenvalue weighted by molar-refractivity contribution is 7.99. The molecule has 102 valence electrons. The summed E-state index contributed by atoms with van der Waals surface area (Å²) < 4.78 is 0. The third-order valence-electron chi connectivity index (χ3n) is 3.75. The molecule has 6 heteroatoms. The Balaban J connectivity index is 1.93. The Morgan fingerprint density at radius 2 is 1.89 bits per heavy atom. The fourth-order valence-corrected chi connectivity index (χ4v) is 3.52.